The second-order valence-corrected chi connectivity index (χ2v) is 5.03. The van der Waals surface area contributed by atoms with Gasteiger partial charge in [0.15, 0.2) is 0 Å². The number of nitrogens with zero attached hydrogens (tertiary/aromatic N) is 1. The smallest absolute Gasteiger partial charge is 0.227 e. The molecule has 0 spiro atoms. The summed E-state index contributed by atoms with van der Waals surface area (Å²) < 4.78 is 0. The normalized spacial score (nSPS) is 16.6. The van der Waals surface area contributed by atoms with E-state index in [0.29, 0.717) is 12.5 Å². The Morgan fingerprint density at radius 2 is 2.24 bits per heavy atom. The highest BCUT2D eigenvalue weighted by atomic mass is 35.5. The van der Waals surface area contributed by atoms with E-state index in [-0.39, 0.29) is 18.3 Å². The van der Waals surface area contributed by atoms with Crippen LogP contribution in [0.5, 0.6) is 0 Å². The van der Waals surface area contributed by atoms with Gasteiger partial charge < -0.3 is 10.2 Å². The lowest BCUT2D eigenvalue weighted by atomic mass is 10.0. The molecule has 1 fully saturated rings. The van der Waals surface area contributed by atoms with Crippen molar-refractivity contribution in [3.8, 4) is 0 Å². The van der Waals surface area contributed by atoms with Crippen molar-refractivity contribution in [2.45, 2.75) is 25.3 Å². The van der Waals surface area contributed by atoms with Crippen molar-refractivity contribution >= 4 is 29.7 Å². The Kier molecular flexibility index (Phi) is 5.95. The number of hydrogen-bond donors (Lipinski definition) is 1. The third-order valence-electron chi connectivity index (χ3n) is 3.19. The van der Waals surface area contributed by atoms with Gasteiger partial charge in [-0.2, -0.15) is 11.3 Å². The molecule has 0 radical (unpaired) electrons. The van der Waals surface area contributed by atoms with Gasteiger partial charge in [-0.15, -0.1) is 12.4 Å². The summed E-state index contributed by atoms with van der Waals surface area (Å²) in [6.07, 6.45) is 2.71. The van der Waals surface area contributed by atoms with Gasteiger partial charge in [0.1, 0.15) is 0 Å². The number of thiophene rings is 1. The topological polar surface area (TPSA) is 32.3 Å². The number of amides is 1. The maximum absolute atomic E-state index is 12.0. The molecule has 0 bridgehead atoms. The van der Waals surface area contributed by atoms with Crippen LogP contribution in [0.25, 0.3) is 0 Å². The van der Waals surface area contributed by atoms with Crippen molar-refractivity contribution in [1.29, 1.82) is 0 Å². The summed E-state index contributed by atoms with van der Waals surface area (Å²) in [5, 5.41) is 7.35. The molecule has 5 heteroatoms. The summed E-state index contributed by atoms with van der Waals surface area (Å²) >= 11 is 1.65. The van der Waals surface area contributed by atoms with Crippen LogP contribution in [0.1, 0.15) is 18.4 Å². The zero-order valence-electron chi connectivity index (χ0n) is 10.0. The van der Waals surface area contributed by atoms with Crippen molar-refractivity contribution < 1.29 is 4.79 Å². The predicted molar refractivity (Wildman–Crippen MR) is 73.9 cm³/mol. The van der Waals surface area contributed by atoms with Gasteiger partial charge in [-0.1, -0.05) is 0 Å². The first-order valence-electron chi connectivity index (χ1n) is 5.75. The second-order valence-electron chi connectivity index (χ2n) is 4.25. The van der Waals surface area contributed by atoms with E-state index in [1.54, 1.807) is 11.3 Å². The molecule has 1 aliphatic heterocycles. The molecular formula is C12H19ClN2OS. The number of halogens is 1. The van der Waals surface area contributed by atoms with Gasteiger partial charge in [-0.3, -0.25) is 4.79 Å². The minimum absolute atomic E-state index is 0. The summed E-state index contributed by atoms with van der Waals surface area (Å²) in [6.45, 7) is 1.79. The number of hydrogen-bond acceptors (Lipinski definition) is 3. The molecular weight excluding hydrogens is 256 g/mol. The quantitative estimate of drug-likeness (QED) is 0.913. The average Bonchev–Trinajstić information content (AvgIpc) is 2.82. The highest BCUT2D eigenvalue weighted by molar-refractivity contribution is 7.07. The van der Waals surface area contributed by atoms with Crippen LogP contribution >= 0.6 is 23.7 Å². The van der Waals surface area contributed by atoms with E-state index in [1.807, 2.05) is 23.4 Å². The number of rotatable bonds is 3. The molecule has 17 heavy (non-hydrogen) atoms. The monoisotopic (exact) mass is 274 g/mol. The average molecular weight is 275 g/mol. The second kappa shape index (κ2) is 6.99. The third kappa shape index (κ3) is 3.98. The van der Waals surface area contributed by atoms with Gasteiger partial charge in [0.2, 0.25) is 5.91 Å². The molecule has 1 aromatic rings. The minimum atomic E-state index is 0. The minimum Gasteiger partial charge on any atom is -0.342 e. The van der Waals surface area contributed by atoms with Crippen molar-refractivity contribution in [2.24, 2.45) is 0 Å². The molecule has 0 saturated carbocycles. The molecule has 1 saturated heterocycles. The number of likely N-dealkylation sites (tertiary alicyclic amines) is 1. The van der Waals surface area contributed by atoms with Crippen LogP contribution in [0.15, 0.2) is 16.8 Å². The van der Waals surface area contributed by atoms with Crippen molar-refractivity contribution in [3.05, 3.63) is 22.4 Å². The van der Waals surface area contributed by atoms with E-state index < -0.39 is 0 Å². The molecule has 96 valence electrons. The Balaban J connectivity index is 0.00000144. The van der Waals surface area contributed by atoms with Crippen LogP contribution in [-0.2, 0) is 11.2 Å². The Bertz CT molecular complexity index is 334. The molecule has 0 aliphatic carbocycles. The van der Waals surface area contributed by atoms with Gasteiger partial charge in [0, 0.05) is 19.1 Å². The molecule has 1 amide bonds. The van der Waals surface area contributed by atoms with Gasteiger partial charge in [-0.25, -0.2) is 0 Å². The molecule has 0 aromatic carbocycles. The molecule has 0 atom stereocenters. The summed E-state index contributed by atoms with van der Waals surface area (Å²) in [6, 6.07) is 2.62. The standard InChI is InChI=1S/C12H18N2OS.ClH/c1-13-11-2-5-14(6-3-11)12(15)8-10-4-7-16-9-10;/h4,7,9,11,13H,2-3,5-6,8H2,1H3;1H. The fourth-order valence-corrected chi connectivity index (χ4v) is 2.77. The summed E-state index contributed by atoms with van der Waals surface area (Å²) in [5.41, 5.74) is 1.14. The van der Waals surface area contributed by atoms with E-state index in [9.17, 15) is 4.79 Å². The molecule has 2 rings (SSSR count). The van der Waals surface area contributed by atoms with E-state index in [0.717, 1.165) is 31.5 Å². The summed E-state index contributed by atoms with van der Waals surface area (Å²) in [7, 11) is 1.99. The fourth-order valence-electron chi connectivity index (χ4n) is 2.10. The van der Waals surface area contributed by atoms with Crippen molar-refractivity contribution in [1.82, 2.24) is 10.2 Å². The van der Waals surface area contributed by atoms with Crippen LogP contribution < -0.4 is 5.32 Å². The van der Waals surface area contributed by atoms with Crippen LogP contribution in [-0.4, -0.2) is 37.0 Å². The van der Waals surface area contributed by atoms with E-state index in [2.05, 4.69) is 10.7 Å². The lowest BCUT2D eigenvalue weighted by molar-refractivity contribution is -0.131. The number of piperidine rings is 1. The van der Waals surface area contributed by atoms with Gasteiger partial charge in [-0.05, 0) is 42.3 Å². The SMILES string of the molecule is CNC1CCN(C(=O)Cc2ccsc2)CC1.Cl. The van der Waals surface area contributed by atoms with Crippen LogP contribution in [0.2, 0.25) is 0 Å². The molecule has 1 aliphatic rings. The molecule has 1 aromatic heterocycles. The predicted octanol–water partition coefficient (Wildman–Crippen LogP) is 1.92. The van der Waals surface area contributed by atoms with Gasteiger partial charge >= 0.3 is 0 Å². The first-order valence-corrected chi connectivity index (χ1v) is 6.70. The lowest BCUT2D eigenvalue weighted by Gasteiger charge is -2.31. The Morgan fingerprint density at radius 1 is 1.53 bits per heavy atom. The summed E-state index contributed by atoms with van der Waals surface area (Å²) in [4.78, 5) is 14.0. The zero-order chi connectivity index (χ0) is 11.4. The van der Waals surface area contributed by atoms with Crippen LogP contribution in [0, 0.1) is 0 Å². The Labute approximate surface area is 113 Å². The van der Waals surface area contributed by atoms with Crippen molar-refractivity contribution in [2.75, 3.05) is 20.1 Å². The first-order chi connectivity index (χ1) is 7.79. The molecule has 2 heterocycles. The van der Waals surface area contributed by atoms with E-state index in [4.69, 9.17) is 0 Å². The van der Waals surface area contributed by atoms with Gasteiger partial charge in [0.25, 0.3) is 0 Å². The third-order valence-corrected chi connectivity index (χ3v) is 3.92. The zero-order valence-corrected chi connectivity index (χ0v) is 11.6. The van der Waals surface area contributed by atoms with Crippen molar-refractivity contribution in [3.63, 3.8) is 0 Å². The Hall–Kier alpha value is -0.580. The maximum atomic E-state index is 12.0. The van der Waals surface area contributed by atoms with E-state index in [1.165, 1.54) is 0 Å². The van der Waals surface area contributed by atoms with Crippen LogP contribution in [0.4, 0.5) is 0 Å². The molecule has 3 nitrogen and oxygen atoms in total. The summed E-state index contributed by atoms with van der Waals surface area (Å²) in [5.74, 6) is 0.271. The van der Waals surface area contributed by atoms with Crippen LogP contribution in [0.3, 0.4) is 0 Å². The first kappa shape index (κ1) is 14.5. The van der Waals surface area contributed by atoms with E-state index >= 15 is 0 Å². The highest BCUT2D eigenvalue weighted by Gasteiger charge is 2.21. The Morgan fingerprint density at radius 3 is 2.76 bits per heavy atom. The molecule has 1 N–H and O–H groups in total. The molecule has 0 unspecified atom stereocenters. The lowest BCUT2D eigenvalue weighted by Crippen LogP contribution is -2.44. The number of nitrogens with one attached hydrogen (secondary N) is 1. The number of carbonyl (C=O) groups is 1. The highest BCUT2D eigenvalue weighted by Crippen LogP contribution is 2.13. The number of carbonyl (C=O) groups excluding carboxylic acids is 1. The maximum Gasteiger partial charge on any atom is 0.227 e. The fraction of sp³-hybridized carbons (Fsp3) is 0.583. The van der Waals surface area contributed by atoms with Gasteiger partial charge in [0.05, 0.1) is 6.42 Å². The largest absolute Gasteiger partial charge is 0.342 e.